The quantitative estimate of drug-likeness (QED) is 0.113. The second-order valence-corrected chi connectivity index (χ2v) is 14.8. The van der Waals surface area contributed by atoms with Crippen molar-refractivity contribution < 1.29 is 51.9 Å². The molecule has 2 rings (SSSR count). The van der Waals surface area contributed by atoms with Crippen molar-refractivity contribution in [1.82, 2.24) is 19.6 Å². The second kappa shape index (κ2) is 21.3. The topological polar surface area (TPSA) is 230 Å². The largest absolute Gasteiger partial charge is 0.300 e. The van der Waals surface area contributed by atoms with Gasteiger partial charge in [-0.2, -0.15) is 33.7 Å². The van der Waals surface area contributed by atoms with Gasteiger partial charge >= 0.3 is 0 Å². The van der Waals surface area contributed by atoms with Crippen LogP contribution < -0.4 is 0 Å². The summed E-state index contributed by atoms with van der Waals surface area (Å²) in [7, 11) is -15.7. The van der Waals surface area contributed by atoms with Gasteiger partial charge in [0.25, 0.3) is 40.5 Å². The summed E-state index contributed by atoms with van der Waals surface area (Å²) in [6, 6.07) is 0. The molecule has 23 heteroatoms. The number of rotatable bonds is 12. The Kier molecular flexibility index (Phi) is 25.0. The van der Waals surface area contributed by atoms with Crippen LogP contribution in [0.3, 0.4) is 0 Å². The number of piperazine rings is 2. The maximum absolute atomic E-state index is 10.6. The zero-order valence-electron chi connectivity index (χ0n) is 22.8. The van der Waals surface area contributed by atoms with Crippen molar-refractivity contribution in [3.05, 3.63) is 0 Å². The second-order valence-electron chi connectivity index (χ2n) is 8.51. The van der Waals surface area contributed by atoms with E-state index in [1.807, 2.05) is 19.6 Å². The number of hydrogen-bond donors (Lipinski definition) is 4. The fraction of sp³-hybridized carbons (Fsp3) is 1.00. The van der Waals surface area contributed by atoms with Gasteiger partial charge in [0.2, 0.25) is 0 Å². The van der Waals surface area contributed by atoms with Gasteiger partial charge in [-0.25, -0.2) is 0 Å². The molecule has 2 fully saturated rings. The molecule has 219 valence electrons. The van der Waals surface area contributed by atoms with Crippen molar-refractivity contribution in [2.45, 2.75) is 0 Å². The Bertz CT molecular complexity index is 919. The maximum atomic E-state index is 10.6. The van der Waals surface area contributed by atoms with Crippen LogP contribution >= 0.6 is 0 Å². The fourth-order valence-electron chi connectivity index (χ4n) is 3.45. The van der Waals surface area contributed by atoms with Gasteiger partial charge in [0.15, 0.2) is 0 Å². The van der Waals surface area contributed by atoms with E-state index in [0.717, 1.165) is 0 Å². The van der Waals surface area contributed by atoms with Gasteiger partial charge in [-0.15, -0.1) is 0 Å². The van der Waals surface area contributed by atoms with Crippen LogP contribution in [0.2, 0.25) is 0 Å². The number of hydrogen-bond acceptors (Lipinski definition) is 12. The molecular weight excluding hydrogens is 637 g/mol. The van der Waals surface area contributed by atoms with E-state index in [0.29, 0.717) is 52.4 Å². The van der Waals surface area contributed by atoms with Crippen LogP contribution in [0.5, 0.6) is 0 Å². The van der Waals surface area contributed by atoms with Gasteiger partial charge < -0.3 is 0 Å². The van der Waals surface area contributed by atoms with Gasteiger partial charge in [-0.3, -0.25) is 37.8 Å². The van der Waals surface area contributed by atoms with E-state index >= 15 is 0 Å². The summed E-state index contributed by atoms with van der Waals surface area (Å²) < 4.78 is 119. The average molecular weight is 674 g/mol. The Morgan fingerprint density at radius 3 is 0.590 bits per heavy atom. The standard InChI is InChI=1S/2C8H18N2O6S2.3Na/c2*11-17(12,13)7-5-9-1-2-10(4-3-9)6-8-18(14,15)16;;;/h2*1-8H2,(H,11,12,13)(H,14,15,16);;;. The first kappa shape index (κ1) is 45.9. The third kappa shape index (κ3) is 27.7. The van der Waals surface area contributed by atoms with Crippen LogP contribution in [0.1, 0.15) is 0 Å². The molecule has 2 heterocycles. The van der Waals surface area contributed by atoms with E-state index in [1.165, 1.54) is 0 Å². The molecule has 2 aliphatic heterocycles. The molecule has 0 aliphatic carbocycles. The van der Waals surface area contributed by atoms with Gasteiger partial charge in [0.1, 0.15) is 0 Å². The Morgan fingerprint density at radius 1 is 0.359 bits per heavy atom. The summed E-state index contributed by atoms with van der Waals surface area (Å²) in [4.78, 5) is 7.55. The van der Waals surface area contributed by atoms with E-state index in [9.17, 15) is 33.7 Å². The SMILES string of the molecule is O=S(=O)(O)CCN1CCN(CCS(=O)(=O)O)CC1.O=S(=O)(O)CCN1CCN(CCS(=O)(=O)O)CC1.[Na].[Na].[Na]. The first-order valence-corrected chi connectivity index (χ1v) is 17.4. The molecule has 0 aromatic rings. The van der Waals surface area contributed by atoms with Gasteiger partial charge in [0, 0.05) is 167 Å². The summed E-state index contributed by atoms with van der Waals surface area (Å²) in [6.45, 7) is 5.97. The molecule has 0 bridgehead atoms. The zero-order valence-corrected chi connectivity index (χ0v) is 32.1. The third-order valence-corrected chi connectivity index (χ3v) is 8.39. The van der Waals surface area contributed by atoms with Crippen LogP contribution in [0.4, 0.5) is 0 Å². The minimum absolute atomic E-state index is 0. The van der Waals surface area contributed by atoms with Crippen LogP contribution in [0, 0.1) is 0 Å². The first-order valence-electron chi connectivity index (χ1n) is 11.0. The normalized spacial score (nSPS) is 18.6. The Balaban J connectivity index is -0.000000617. The van der Waals surface area contributed by atoms with Crippen molar-refractivity contribution >= 4 is 129 Å². The fourth-order valence-corrected chi connectivity index (χ4v) is 5.41. The third-order valence-electron chi connectivity index (χ3n) is 5.59. The molecule has 2 aliphatic rings. The van der Waals surface area contributed by atoms with Crippen molar-refractivity contribution in [1.29, 1.82) is 0 Å². The van der Waals surface area contributed by atoms with E-state index in [-0.39, 0.29) is 138 Å². The summed E-state index contributed by atoms with van der Waals surface area (Å²) in [5.41, 5.74) is 0. The molecule has 0 amide bonds. The maximum Gasteiger partial charge on any atom is 0.266 e. The molecule has 0 aromatic heterocycles. The Hall–Kier alpha value is 2.48. The van der Waals surface area contributed by atoms with E-state index in [1.54, 1.807) is 0 Å². The molecule has 3 radical (unpaired) electrons. The minimum Gasteiger partial charge on any atom is -0.300 e. The minimum atomic E-state index is -3.93. The van der Waals surface area contributed by atoms with E-state index < -0.39 is 40.5 Å². The van der Waals surface area contributed by atoms with Crippen molar-refractivity contribution in [3.8, 4) is 0 Å². The monoisotopic (exact) mass is 673 g/mol. The van der Waals surface area contributed by atoms with Crippen molar-refractivity contribution in [2.75, 3.05) is 102 Å². The molecule has 0 spiro atoms. The smallest absolute Gasteiger partial charge is 0.266 e. The molecule has 39 heavy (non-hydrogen) atoms. The van der Waals surface area contributed by atoms with Crippen LogP contribution in [0.25, 0.3) is 0 Å². The molecule has 4 N–H and O–H groups in total. The van der Waals surface area contributed by atoms with Crippen molar-refractivity contribution in [3.63, 3.8) is 0 Å². The summed E-state index contributed by atoms with van der Waals surface area (Å²) >= 11 is 0. The molecule has 0 aromatic carbocycles. The van der Waals surface area contributed by atoms with E-state index in [2.05, 4.69) is 0 Å². The molecule has 2 saturated heterocycles. The first-order chi connectivity index (χ1) is 16.3. The molecular formula is C16H36N4Na3O12S4. The summed E-state index contributed by atoms with van der Waals surface area (Å²) in [6.07, 6.45) is 0. The van der Waals surface area contributed by atoms with Crippen LogP contribution in [-0.2, 0) is 40.5 Å². The summed E-state index contributed by atoms with van der Waals surface area (Å²) in [5.74, 6) is -1.17. The molecule has 16 nitrogen and oxygen atoms in total. The molecule has 0 unspecified atom stereocenters. The summed E-state index contributed by atoms with van der Waals surface area (Å²) in [5, 5.41) is 0. The van der Waals surface area contributed by atoms with E-state index in [4.69, 9.17) is 18.2 Å². The van der Waals surface area contributed by atoms with Gasteiger partial charge in [-0.05, 0) is 0 Å². The predicted molar refractivity (Wildman–Crippen MR) is 149 cm³/mol. The molecule has 0 saturated carbocycles. The van der Waals surface area contributed by atoms with Crippen LogP contribution in [0.15, 0.2) is 0 Å². The average Bonchev–Trinajstić information content (AvgIpc) is 2.73. The molecule has 0 atom stereocenters. The predicted octanol–water partition coefficient (Wildman–Crippen LogP) is -4.38. The Morgan fingerprint density at radius 2 is 0.487 bits per heavy atom. The van der Waals surface area contributed by atoms with Gasteiger partial charge in [-0.1, -0.05) is 0 Å². The van der Waals surface area contributed by atoms with Crippen LogP contribution in [-0.4, -0.2) is 262 Å². The number of nitrogens with zero attached hydrogens (tertiary/aromatic N) is 4. The Labute approximate surface area is 298 Å². The van der Waals surface area contributed by atoms with Gasteiger partial charge in [0.05, 0.1) is 23.0 Å². The zero-order chi connectivity index (χ0) is 27.6. The van der Waals surface area contributed by atoms with Crippen molar-refractivity contribution in [2.24, 2.45) is 0 Å².